The minimum Gasteiger partial charge on any atom is -0.370 e. The first-order chi connectivity index (χ1) is 10.5. The molecule has 1 fully saturated rings. The van der Waals surface area contributed by atoms with Crippen molar-refractivity contribution in [2.45, 2.75) is 37.6 Å². The molecule has 0 aromatic heterocycles. The van der Waals surface area contributed by atoms with Gasteiger partial charge < -0.3 is 16.4 Å². The fourth-order valence-corrected chi connectivity index (χ4v) is 3.81. The van der Waals surface area contributed by atoms with Gasteiger partial charge in [0.25, 0.3) is 0 Å². The van der Waals surface area contributed by atoms with E-state index < -0.39 is 5.54 Å². The summed E-state index contributed by atoms with van der Waals surface area (Å²) < 4.78 is 0. The van der Waals surface area contributed by atoms with Crippen molar-refractivity contribution in [3.63, 3.8) is 0 Å². The van der Waals surface area contributed by atoms with Crippen molar-refractivity contribution in [3.05, 3.63) is 35.4 Å². The van der Waals surface area contributed by atoms with Gasteiger partial charge in [-0.3, -0.25) is 9.59 Å². The highest BCUT2D eigenvalue weighted by atomic mass is 16.2. The Bertz CT molecular complexity index is 574. The van der Waals surface area contributed by atoms with Gasteiger partial charge in [-0.15, -0.1) is 0 Å². The van der Waals surface area contributed by atoms with E-state index in [1.54, 1.807) is 0 Å². The smallest absolute Gasteiger partial charge is 0.243 e. The second-order valence-electron chi connectivity index (χ2n) is 6.71. The van der Waals surface area contributed by atoms with Crippen molar-refractivity contribution in [3.8, 4) is 0 Å². The van der Waals surface area contributed by atoms with Crippen molar-refractivity contribution in [1.82, 2.24) is 4.90 Å². The molecular formula is C17H23N3O2. The molecule has 4 N–H and O–H groups in total. The number of fused-ring (bicyclic) bond motifs is 1. The number of nitrogens with two attached hydrogens (primary N) is 2. The van der Waals surface area contributed by atoms with Gasteiger partial charge in [-0.2, -0.15) is 0 Å². The minimum atomic E-state index is -0.835. The molecule has 118 valence electrons. The predicted octanol–water partition coefficient (Wildman–Crippen LogP) is 0.597. The van der Waals surface area contributed by atoms with Crippen LogP contribution in [0.3, 0.4) is 0 Å². The number of likely N-dealkylation sites (tertiary alicyclic amines) is 1. The Morgan fingerprint density at radius 3 is 2.45 bits per heavy atom. The van der Waals surface area contributed by atoms with Crippen molar-refractivity contribution in [2.24, 2.45) is 17.4 Å². The largest absolute Gasteiger partial charge is 0.370 e. The van der Waals surface area contributed by atoms with E-state index in [9.17, 15) is 9.59 Å². The number of hydrogen-bond acceptors (Lipinski definition) is 3. The lowest BCUT2D eigenvalue weighted by molar-refractivity contribution is -0.139. The average molecular weight is 301 g/mol. The van der Waals surface area contributed by atoms with Crippen LogP contribution in [0.5, 0.6) is 0 Å². The van der Waals surface area contributed by atoms with Crippen LogP contribution in [0, 0.1) is 5.92 Å². The van der Waals surface area contributed by atoms with Gasteiger partial charge in [0.1, 0.15) is 5.54 Å². The molecule has 1 aromatic carbocycles. The maximum Gasteiger partial charge on any atom is 0.243 e. The standard InChI is InChI=1S/C17H23N3O2/c18-15(21)8-12-4-3-7-20(11-12)16(22)17(19)9-13-5-1-2-6-14(13)10-17/h1-2,5-6,12H,3-4,7-11,19H2,(H2,18,21)/t12-/m1/s1. The van der Waals surface area contributed by atoms with Gasteiger partial charge in [0.15, 0.2) is 0 Å². The highest BCUT2D eigenvalue weighted by Gasteiger charge is 2.43. The highest BCUT2D eigenvalue weighted by molar-refractivity contribution is 5.88. The Morgan fingerprint density at radius 1 is 1.23 bits per heavy atom. The third-order valence-electron chi connectivity index (χ3n) is 4.85. The van der Waals surface area contributed by atoms with Crippen LogP contribution in [0.4, 0.5) is 0 Å². The Labute approximate surface area is 130 Å². The third-order valence-corrected chi connectivity index (χ3v) is 4.85. The molecule has 5 heteroatoms. The molecule has 2 aliphatic rings. The zero-order valence-electron chi connectivity index (χ0n) is 12.8. The number of carbonyl (C=O) groups is 2. The van der Waals surface area contributed by atoms with E-state index >= 15 is 0 Å². The highest BCUT2D eigenvalue weighted by Crippen LogP contribution is 2.31. The topological polar surface area (TPSA) is 89.4 Å². The van der Waals surface area contributed by atoms with Crippen LogP contribution in [0.15, 0.2) is 24.3 Å². The molecule has 0 unspecified atom stereocenters. The van der Waals surface area contributed by atoms with Crippen LogP contribution in [0.25, 0.3) is 0 Å². The Hall–Kier alpha value is -1.88. The van der Waals surface area contributed by atoms with E-state index in [0.29, 0.717) is 25.8 Å². The summed E-state index contributed by atoms with van der Waals surface area (Å²) in [5.41, 5.74) is 13.2. The van der Waals surface area contributed by atoms with Gasteiger partial charge in [-0.25, -0.2) is 0 Å². The van der Waals surface area contributed by atoms with Crippen LogP contribution in [-0.4, -0.2) is 35.3 Å². The predicted molar refractivity (Wildman–Crippen MR) is 83.9 cm³/mol. The molecule has 1 aromatic rings. The lowest BCUT2D eigenvalue weighted by Gasteiger charge is -2.37. The number of piperidine rings is 1. The molecule has 1 atom stereocenters. The summed E-state index contributed by atoms with van der Waals surface area (Å²) >= 11 is 0. The van der Waals surface area contributed by atoms with Crippen LogP contribution in [0.1, 0.15) is 30.4 Å². The molecule has 0 saturated carbocycles. The molecule has 22 heavy (non-hydrogen) atoms. The quantitative estimate of drug-likeness (QED) is 0.856. The molecule has 3 rings (SSSR count). The SMILES string of the molecule is NC(=O)C[C@H]1CCCN(C(=O)C2(N)Cc3ccccc3C2)C1. The fraction of sp³-hybridized carbons (Fsp3) is 0.529. The van der Waals surface area contributed by atoms with E-state index in [1.165, 1.54) is 11.1 Å². The van der Waals surface area contributed by atoms with Crippen LogP contribution in [0.2, 0.25) is 0 Å². The summed E-state index contributed by atoms with van der Waals surface area (Å²) in [4.78, 5) is 25.8. The number of nitrogens with zero attached hydrogens (tertiary/aromatic N) is 1. The molecule has 0 radical (unpaired) electrons. The van der Waals surface area contributed by atoms with Gasteiger partial charge >= 0.3 is 0 Å². The van der Waals surface area contributed by atoms with E-state index in [-0.39, 0.29) is 17.7 Å². The lowest BCUT2D eigenvalue weighted by atomic mass is 9.90. The molecule has 0 bridgehead atoms. The van der Waals surface area contributed by atoms with Gasteiger partial charge in [-0.1, -0.05) is 24.3 Å². The van der Waals surface area contributed by atoms with E-state index in [1.807, 2.05) is 29.2 Å². The average Bonchev–Trinajstić information content (AvgIpc) is 2.83. The number of amides is 2. The van der Waals surface area contributed by atoms with E-state index in [4.69, 9.17) is 11.5 Å². The Balaban J connectivity index is 1.70. The molecule has 1 heterocycles. The number of rotatable bonds is 3. The molecular weight excluding hydrogens is 278 g/mol. The van der Waals surface area contributed by atoms with E-state index in [2.05, 4.69) is 0 Å². The lowest BCUT2D eigenvalue weighted by Crippen LogP contribution is -2.58. The molecule has 1 aliphatic heterocycles. The van der Waals surface area contributed by atoms with Gasteiger partial charge in [-0.05, 0) is 42.7 Å². The van der Waals surface area contributed by atoms with Gasteiger partial charge in [0.2, 0.25) is 11.8 Å². The monoisotopic (exact) mass is 301 g/mol. The Kier molecular flexibility index (Phi) is 3.91. The van der Waals surface area contributed by atoms with Crippen LogP contribution in [-0.2, 0) is 22.4 Å². The van der Waals surface area contributed by atoms with Crippen molar-refractivity contribution >= 4 is 11.8 Å². The van der Waals surface area contributed by atoms with Gasteiger partial charge in [0.05, 0.1) is 0 Å². The van der Waals surface area contributed by atoms with Gasteiger partial charge in [0, 0.05) is 19.5 Å². The van der Waals surface area contributed by atoms with Crippen molar-refractivity contribution in [1.29, 1.82) is 0 Å². The number of carbonyl (C=O) groups excluding carboxylic acids is 2. The van der Waals surface area contributed by atoms with Crippen molar-refractivity contribution in [2.75, 3.05) is 13.1 Å². The number of hydrogen-bond donors (Lipinski definition) is 2. The summed E-state index contributed by atoms with van der Waals surface area (Å²) in [7, 11) is 0. The molecule has 1 saturated heterocycles. The summed E-state index contributed by atoms with van der Waals surface area (Å²) in [6.45, 7) is 1.32. The first-order valence-electron chi connectivity index (χ1n) is 7.91. The maximum absolute atomic E-state index is 12.9. The van der Waals surface area contributed by atoms with Crippen LogP contribution >= 0.6 is 0 Å². The zero-order valence-corrected chi connectivity index (χ0v) is 12.8. The number of primary amides is 1. The molecule has 0 spiro atoms. The summed E-state index contributed by atoms with van der Waals surface area (Å²) in [6.07, 6.45) is 3.40. The molecule has 2 amide bonds. The second kappa shape index (κ2) is 5.72. The Morgan fingerprint density at radius 2 is 1.86 bits per heavy atom. The summed E-state index contributed by atoms with van der Waals surface area (Å²) in [5.74, 6) is -0.115. The number of benzene rings is 1. The maximum atomic E-state index is 12.9. The van der Waals surface area contributed by atoms with Crippen LogP contribution < -0.4 is 11.5 Å². The molecule has 5 nitrogen and oxygen atoms in total. The minimum absolute atomic E-state index is 0.0119. The van der Waals surface area contributed by atoms with E-state index in [0.717, 1.165) is 19.4 Å². The first-order valence-corrected chi connectivity index (χ1v) is 7.91. The summed E-state index contributed by atoms with van der Waals surface area (Å²) in [5, 5.41) is 0. The van der Waals surface area contributed by atoms with Crippen molar-refractivity contribution < 1.29 is 9.59 Å². The fourth-order valence-electron chi connectivity index (χ4n) is 3.81. The summed E-state index contributed by atoms with van der Waals surface area (Å²) in [6, 6.07) is 8.06. The second-order valence-corrected chi connectivity index (χ2v) is 6.71. The normalized spacial score (nSPS) is 23.1. The molecule has 1 aliphatic carbocycles. The first kappa shape index (κ1) is 15.0. The third kappa shape index (κ3) is 2.86. The zero-order chi connectivity index (χ0) is 15.7.